The molecule has 2 amide bonds. The predicted octanol–water partition coefficient (Wildman–Crippen LogP) is 4.93. The van der Waals surface area contributed by atoms with Gasteiger partial charge >= 0.3 is 0 Å². The van der Waals surface area contributed by atoms with Crippen LogP contribution in [0.15, 0.2) is 42.5 Å². The third kappa shape index (κ3) is 7.56. The molecule has 2 aromatic carbocycles. The van der Waals surface area contributed by atoms with Gasteiger partial charge in [-0.05, 0) is 48.4 Å². The third-order valence-electron chi connectivity index (χ3n) is 6.21. The van der Waals surface area contributed by atoms with Gasteiger partial charge in [0.05, 0.1) is 19.7 Å². The molecular weight excluding hydrogens is 438 g/mol. The molecule has 0 fully saturated rings. The van der Waals surface area contributed by atoms with Crippen LogP contribution >= 0.6 is 0 Å². The predicted molar refractivity (Wildman–Crippen MR) is 142 cm³/mol. The zero-order valence-electron chi connectivity index (χ0n) is 20.7. The minimum absolute atomic E-state index is 0. The fraction of sp³-hybridized carbons (Fsp3) is 0.464. The molecule has 35 heavy (non-hydrogen) atoms. The number of hydrogen-bond donors (Lipinski definition) is 1. The summed E-state index contributed by atoms with van der Waals surface area (Å²) >= 11 is 0. The number of carbonyl (C=O) groups excluding carboxylic acids is 2. The molecule has 0 aliphatic carbocycles. The number of nitrogens with one attached hydrogen (secondary N) is 1. The summed E-state index contributed by atoms with van der Waals surface area (Å²) in [5.74, 6) is 0.366. The second kappa shape index (κ2) is 12.9. The summed E-state index contributed by atoms with van der Waals surface area (Å²) in [6.45, 7) is 15.7. The number of benzene rings is 2. The van der Waals surface area contributed by atoms with Crippen LogP contribution < -0.4 is 10.2 Å². The number of aryl methyl sites for hydroxylation is 1. The molecule has 0 radical (unpaired) electrons. The lowest BCUT2D eigenvalue weighted by Crippen LogP contribution is -2.48. The van der Waals surface area contributed by atoms with Gasteiger partial charge in [-0.25, -0.2) is 9.85 Å². The van der Waals surface area contributed by atoms with Crippen molar-refractivity contribution in [3.05, 3.63) is 70.6 Å². The molecular formula is C28H39N5O2. The number of fused-ring (bicyclic) bond motifs is 1. The molecule has 2 aromatic rings. The lowest BCUT2D eigenvalue weighted by atomic mass is 10.1. The minimum atomic E-state index is -0.125. The number of hydrazine groups is 1. The number of rotatable bonds is 10. The van der Waals surface area contributed by atoms with Crippen molar-refractivity contribution in [1.29, 1.82) is 0 Å². The highest BCUT2D eigenvalue weighted by Gasteiger charge is 2.27. The van der Waals surface area contributed by atoms with E-state index in [1.54, 1.807) is 29.1 Å². The molecule has 1 heterocycles. The van der Waals surface area contributed by atoms with E-state index in [-0.39, 0.29) is 32.3 Å². The van der Waals surface area contributed by atoms with E-state index in [0.717, 1.165) is 24.1 Å². The smallest absolute Gasteiger partial charge is 0.256 e. The molecule has 3 rings (SSSR count). The molecule has 7 nitrogen and oxygen atoms in total. The Bertz CT molecular complexity index is 1030. The zero-order chi connectivity index (χ0) is 24.7. The van der Waals surface area contributed by atoms with Crippen LogP contribution in [-0.2, 0) is 22.7 Å². The maximum absolute atomic E-state index is 13.3. The Morgan fingerprint density at radius 1 is 1.11 bits per heavy atom. The van der Waals surface area contributed by atoms with Crippen LogP contribution in [0.4, 0.5) is 11.4 Å². The van der Waals surface area contributed by atoms with Crippen molar-refractivity contribution in [2.45, 2.75) is 54.1 Å². The van der Waals surface area contributed by atoms with E-state index in [2.05, 4.69) is 36.1 Å². The Kier molecular flexibility index (Phi) is 10.3. The lowest BCUT2D eigenvalue weighted by molar-refractivity contribution is -0.145. The van der Waals surface area contributed by atoms with Crippen molar-refractivity contribution < 1.29 is 9.59 Å². The van der Waals surface area contributed by atoms with Crippen LogP contribution in [0, 0.1) is 19.4 Å². The topological polar surface area (TPSA) is 60.3 Å². The first kappa shape index (κ1) is 27.9. The number of likely N-dealkylation sites (N-methyl/N-ethyl adjacent to an activating group) is 1. The van der Waals surface area contributed by atoms with Crippen LogP contribution in [-0.4, -0.2) is 48.5 Å². The number of carbonyl (C=O) groups is 2. The average molecular weight is 478 g/mol. The zero-order valence-corrected chi connectivity index (χ0v) is 20.7. The standard InChI is InChI=1S/C27H35N5O2.CH4/c1-20(2)9-8-14-29-26(33)18-31(25-15-24(28-4)13-12-21(25)3)19-27(34)30(5)32-16-22-10-6-7-11-23(22)17-32;/h6-7,10-13,15,20H,8-9,14,16-19H2,1-3,5H3,(H,29,33);1H4. The normalized spacial score (nSPS) is 12.5. The fourth-order valence-corrected chi connectivity index (χ4v) is 4.15. The quantitative estimate of drug-likeness (QED) is 0.389. The fourth-order valence-electron chi connectivity index (χ4n) is 4.15. The molecule has 0 unspecified atom stereocenters. The van der Waals surface area contributed by atoms with Gasteiger partial charge in [-0.15, -0.1) is 0 Å². The SMILES string of the molecule is C.[C-]#[N+]c1ccc(C)c(N(CC(=O)NCCCC(C)C)CC(=O)N(C)N2Cc3ccccc3C2)c1. The highest BCUT2D eigenvalue weighted by molar-refractivity contribution is 5.87. The Morgan fingerprint density at radius 2 is 1.77 bits per heavy atom. The summed E-state index contributed by atoms with van der Waals surface area (Å²) in [7, 11) is 1.78. The van der Waals surface area contributed by atoms with E-state index in [0.29, 0.717) is 31.2 Å². The van der Waals surface area contributed by atoms with E-state index < -0.39 is 0 Å². The van der Waals surface area contributed by atoms with E-state index in [9.17, 15) is 9.59 Å². The van der Waals surface area contributed by atoms with Crippen molar-refractivity contribution in [3.63, 3.8) is 0 Å². The molecule has 1 aliphatic rings. The minimum Gasteiger partial charge on any atom is -0.355 e. The van der Waals surface area contributed by atoms with Crippen molar-refractivity contribution >= 4 is 23.2 Å². The van der Waals surface area contributed by atoms with Crippen LogP contribution in [0.5, 0.6) is 0 Å². The summed E-state index contributed by atoms with van der Waals surface area (Å²) in [5, 5.41) is 6.65. The number of hydrogen-bond acceptors (Lipinski definition) is 4. The maximum atomic E-state index is 13.3. The van der Waals surface area contributed by atoms with E-state index in [1.807, 2.05) is 30.1 Å². The number of nitrogens with zero attached hydrogens (tertiary/aromatic N) is 4. The van der Waals surface area contributed by atoms with E-state index in [1.165, 1.54) is 11.1 Å². The Balaban J connectivity index is 0.00000432. The average Bonchev–Trinajstić information content (AvgIpc) is 3.25. The molecule has 0 spiro atoms. The summed E-state index contributed by atoms with van der Waals surface area (Å²) in [6, 6.07) is 13.6. The highest BCUT2D eigenvalue weighted by Crippen LogP contribution is 2.27. The van der Waals surface area contributed by atoms with Gasteiger partial charge in [0.1, 0.15) is 0 Å². The molecule has 0 atom stereocenters. The van der Waals surface area contributed by atoms with Gasteiger partial charge < -0.3 is 10.2 Å². The maximum Gasteiger partial charge on any atom is 0.256 e. The molecule has 1 aliphatic heterocycles. The molecule has 0 aromatic heterocycles. The van der Waals surface area contributed by atoms with Gasteiger partial charge in [0.15, 0.2) is 5.69 Å². The Labute approximate surface area is 210 Å². The van der Waals surface area contributed by atoms with Crippen LogP contribution in [0.1, 0.15) is 50.8 Å². The number of amides is 2. The van der Waals surface area contributed by atoms with E-state index in [4.69, 9.17) is 6.57 Å². The molecule has 7 heteroatoms. The third-order valence-corrected chi connectivity index (χ3v) is 6.21. The Hall–Kier alpha value is -3.37. The lowest BCUT2D eigenvalue weighted by Gasteiger charge is -2.32. The first-order valence-electron chi connectivity index (χ1n) is 11.9. The molecule has 0 saturated heterocycles. The van der Waals surface area contributed by atoms with Gasteiger partial charge in [-0.2, -0.15) is 0 Å². The largest absolute Gasteiger partial charge is 0.355 e. The first-order chi connectivity index (χ1) is 16.3. The van der Waals surface area contributed by atoms with Crippen LogP contribution in [0.3, 0.4) is 0 Å². The summed E-state index contributed by atoms with van der Waals surface area (Å²) in [6.07, 6.45) is 1.98. The Morgan fingerprint density at radius 3 is 2.37 bits per heavy atom. The monoisotopic (exact) mass is 477 g/mol. The molecule has 0 saturated carbocycles. The summed E-state index contributed by atoms with van der Waals surface area (Å²) in [4.78, 5) is 31.4. The van der Waals surface area contributed by atoms with Crippen LogP contribution in [0.25, 0.3) is 4.85 Å². The molecule has 188 valence electrons. The second-order valence-corrected chi connectivity index (χ2v) is 9.33. The highest BCUT2D eigenvalue weighted by atomic mass is 16.2. The van der Waals surface area contributed by atoms with Crippen LogP contribution in [0.2, 0.25) is 0 Å². The number of anilines is 1. The van der Waals surface area contributed by atoms with Gasteiger partial charge in [-0.1, -0.05) is 57.7 Å². The molecule has 0 bridgehead atoms. The van der Waals surface area contributed by atoms with Crippen molar-refractivity contribution in [2.75, 3.05) is 31.6 Å². The van der Waals surface area contributed by atoms with Gasteiger partial charge in [0.25, 0.3) is 5.91 Å². The summed E-state index contributed by atoms with van der Waals surface area (Å²) < 4.78 is 0. The van der Waals surface area contributed by atoms with Crippen molar-refractivity contribution in [1.82, 2.24) is 15.3 Å². The first-order valence-corrected chi connectivity index (χ1v) is 11.9. The van der Waals surface area contributed by atoms with Gasteiger partial charge in [-0.3, -0.25) is 14.6 Å². The van der Waals surface area contributed by atoms with Crippen molar-refractivity contribution in [2.24, 2.45) is 5.92 Å². The van der Waals surface area contributed by atoms with Gasteiger partial charge in [0, 0.05) is 32.4 Å². The second-order valence-electron chi connectivity index (χ2n) is 9.33. The summed E-state index contributed by atoms with van der Waals surface area (Å²) in [5.41, 5.74) is 4.58. The van der Waals surface area contributed by atoms with E-state index >= 15 is 0 Å². The molecule has 1 N–H and O–H groups in total. The van der Waals surface area contributed by atoms with Gasteiger partial charge in [0.2, 0.25) is 5.91 Å². The van der Waals surface area contributed by atoms with Crippen molar-refractivity contribution in [3.8, 4) is 0 Å².